The van der Waals surface area contributed by atoms with Crippen molar-refractivity contribution in [3.8, 4) is 0 Å². The van der Waals surface area contributed by atoms with Crippen LogP contribution < -0.4 is 0 Å². The maximum Gasteiger partial charge on any atom is 0.344 e. The quantitative estimate of drug-likeness (QED) is 0.0931. The molecule has 25 unspecified atom stereocenters. The van der Waals surface area contributed by atoms with Gasteiger partial charge in [0.05, 0.1) is 54.2 Å². The van der Waals surface area contributed by atoms with Crippen molar-refractivity contribution in [1.82, 2.24) is 0 Å². The lowest BCUT2D eigenvalue weighted by atomic mass is 9.89. The van der Waals surface area contributed by atoms with Gasteiger partial charge >= 0.3 is 35.8 Å². The Balaban J connectivity index is 0.000000125. The zero-order valence-corrected chi connectivity index (χ0v) is 63.6. The molecule has 0 radical (unpaired) electrons. The van der Waals surface area contributed by atoms with Crippen LogP contribution in [0.2, 0.25) is 0 Å². The summed E-state index contributed by atoms with van der Waals surface area (Å²) in [6.07, 6.45) is 2.42. The number of carbonyl (C=O) groups excluding carboxylic acids is 6. The van der Waals surface area contributed by atoms with E-state index in [1.165, 1.54) is 0 Å². The third kappa shape index (κ3) is 13.9. The number of rotatable bonds is 17. The molecule has 34 heteroatoms. The highest BCUT2D eigenvalue weighted by atomic mass is 32.2. The molecule has 9 saturated heterocycles. The molecule has 9 aliphatic heterocycles. The van der Waals surface area contributed by atoms with Crippen LogP contribution in [0.3, 0.4) is 0 Å². The Morgan fingerprint density at radius 1 is 0.354 bits per heavy atom. The smallest absolute Gasteiger partial charge is 0.344 e. The van der Waals surface area contributed by atoms with Crippen molar-refractivity contribution >= 4 is 98.2 Å². The molecule has 28 nitrogen and oxygen atoms in total. The molecule has 0 amide bonds. The van der Waals surface area contributed by atoms with E-state index in [0.717, 1.165) is 12.8 Å². The molecule has 6 saturated carbocycles. The monoisotopic (exact) mass is 1520 g/mol. The van der Waals surface area contributed by atoms with Gasteiger partial charge in [0.1, 0.15) is 71.5 Å². The molecule has 15 rings (SSSR count). The maximum absolute atomic E-state index is 12.1. The second-order valence-corrected chi connectivity index (χ2v) is 42.9. The van der Waals surface area contributed by atoms with E-state index in [-0.39, 0.29) is 98.7 Å². The summed E-state index contributed by atoms with van der Waals surface area (Å²) >= 11 is 1.60. The van der Waals surface area contributed by atoms with E-state index in [1.54, 1.807) is 39.5 Å². The predicted octanol–water partition coefficient (Wildman–Crippen LogP) is 5.88. The second kappa shape index (κ2) is 26.6. The minimum atomic E-state index is -3.56. The molecule has 0 aromatic heterocycles. The third-order valence-corrected chi connectivity index (χ3v) is 35.2. The van der Waals surface area contributed by atoms with Crippen LogP contribution in [0.5, 0.6) is 0 Å². The van der Waals surface area contributed by atoms with E-state index in [0.29, 0.717) is 70.6 Å². The molecule has 0 aromatic carbocycles. The number of ether oxygens (including phenoxy) is 7. The average Bonchev–Trinajstić information content (AvgIpc) is 1.61. The summed E-state index contributed by atoms with van der Waals surface area (Å²) in [4.78, 5) is 72.3. The summed E-state index contributed by atoms with van der Waals surface area (Å²) in [6.45, 7) is 27.3. The van der Waals surface area contributed by atoms with Gasteiger partial charge in [-0.2, -0.15) is 42.1 Å². The first-order valence-electron chi connectivity index (χ1n) is 34.8. The maximum atomic E-state index is 12.1. The van der Waals surface area contributed by atoms with Crippen molar-refractivity contribution in [1.29, 1.82) is 0 Å². The minimum Gasteiger partial charge on any atom is -0.459 e. The minimum absolute atomic E-state index is 0.0130. The van der Waals surface area contributed by atoms with Crippen LogP contribution in [-0.4, -0.2) is 195 Å². The second-order valence-electron chi connectivity index (χ2n) is 32.6. The molecule has 15 aliphatic rings. The topological polar surface area (TPSA) is 384 Å². The van der Waals surface area contributed by atoms with Gasteiger partial charge in [-0.3, -0.25) is 44.9 Å². The number of hydrogen-bond acceptors (Lipinski definition) is 29. The molecular formula is C65H98O28S6. The first-order valence-corrected chi connectivity index (χ1v) is 43.1. The van der Waals surface area contributed by atoms with Gasteiger partial charge in [-0.1, -0.05) is 34.6 Å². The van der Waals surface area contributed by atoms with Crippen LogP contribution in [0.4, 0.5) is 0 Å². The van der Waals surface area contributed by atoms with E-state index >= 15 is 0 Å². The summed E-state index contributed by atoms with van der Waals surface area (Å²) < 4.78 is 182. The zero-order valence-electron chi connectivity index (χ0n) is 58.7. The van der Waals surface area contributed by atoms with Gasteiger partial charge in [0.25, 0.3) is 50.6 Å². The lowest BCUT2D eigenvalue weighted by Crippen LogP contribution is -2.43. The van der Waals surface area contributed by atoms with Crippen molar-refractivity contribution in [3.63, 3.8) is 0 Å². The largest absolute Gasteiger partial charge is 0.459 e. The van der Waals surface area contributed by atoms with Crippen LogP contribution in [0, 0.1) is 62.6 Å². The molecule has 562 valence electrons. The first kappa shape index (κ1) is 76.8. The molecular weight excluding hydrogens is 1420 g/mol. The number of fused-ring (bicyclic) bond motifs is 5. The van der Waals surface area contributed by atoms with Gasteiger partial charge < -0.3 is 33.2 Å². The molecule has 6 aliphatic carbocycles. The standard InChI is InChI=1S/C15H22O7S.2C13H20O5S.C12H18O6S.C12H18O5S2/c1-4-15(2,3)14(17)20-7-11(16)21-12-8-5-9-10(6-8)23(18,19)22-13(9)12;2*1-4-13(2,3)12(14)17-10-7-5-8-9(6-7)19(15,16)18-11(8)10;1-4-12(2,3)11(13)17-8-6-5-7-9(16-6)10(8)18-19(7,14)15;1-4-12(2,3)11(13)16-8-6-5-7-10(18-6)9(8)17-19(7,14)15/h8-10,12-13H,4-7H2,1-3H3;2*7-11H,4-6H2,1-3H3;2*6-10H,4-5H2,1-3H3. The fraction of sp³-hybridized carbons (Fsp3) is 0.908. The zero-order chi connectivity index (χ0) is 73.0. The lowest BCUT2D eigenvalue weighted by molar-refractivity contribution is -0.171. The van der Waals surface area contributed by atoms with Crippen LogP contribution in [0.1, 0.15) is 187 Å². The van der Waals surface area contributed by atoms with Crippen molar-refractivity contribution in [2.45, 2.75) is 297 Å². The Morgan fingerprint density at radius 3 is 1.07 bits per heavy atom. The summed E-state index contributed by atoms with van der Waals surface area (Å²) in [5.74, 6) is -1.94. The molecule has 0 spiro atoms. The molecule has 99 heavy (non-hydrogen) atoms. The molecule has 15 fully saturated rings. The van der Waals surface area contributed by atoms with Gasteiger partial charge in [-0.05, 0) is 153 Å². The van der Waals surface area contributed by atoms with E-state index in [2.05, 4.69) is 0 Å². The molecule has 9 heterocycles. The van der Waals surface area contributed by atoms with Crippen molar-refractivity contribution in [3.05, 3.63) is 0 Å². The Kier molecular flexibility index (Phi) is 20.6. The summed E-state index contributed by atoms with van der Waals surface area (Å²) in [5.41, 5.74) is -2.83. The highest BCUT2D eigenvalue weighted by molar-refractivity contribution is 8.03. The fourth-order valence-electron chi connectivity index (χ4n) is 16.2. The molecule has 0 aromatic rings. The third-order valence-electron chi connectivity index (χ3n) is 24.6. The average molecular weight is 1520 g/mol. The number of thioether (sulfide) groups is 1. The van der Waals surface area contributed by atoms with E-state index in [1.807, 2.05) is 76.2 Å². The lowest BCUT2D eigenvalue weighted by Gasteiger charge is -2.29. The highest BCUT2D eigenvalue weighted by Gasteiger charge is 2.71. The summed E-state index contributed by atoms with van der Waals surface area (Å²) in [5, 5.41) is -2.16. The van der Waals surface area contributed by atoms with Gasteiger partial charge in [-0.15, -0.1) is 11.8 Å². The normalized spacial score (nSPS) is 41.3. The summed E-state index contributed by atoms with van der Waals surface area (Å²) in [6, 6.07) is 0. The van der Waals surface area contributed by atoms with Crippen LogP contribution in [-0.2, 0) is 133 Å². The Hall–Kier alpha value is -3.32. The molecule has 25 atom stereocenters. The molecule has 0 N–H and O–H groups in total. The number of esters is 6. The van der Waals surface area contributed by atoms with Crippen LogP contribution in [0.15, 0.2) is 0 Å². The Morgan fingerprint density at radius 2 is 0.677 bits per heavy atom. The van der Waals surface area contributed by atoms with Gasteiger partial charge in [0.15, 0.2) is 12.7 Å². The van der Waals surface area contributed by atoms with Gasteiger partial charge in [0.2, 0.25) is 0 Å². The van der Waals surface area contributed by atoms with Crippen molar-refractivity contribution in [2.75, 3.05) is 6.61 Å². The van der Waals surface area contributed by atoms with E-state index < -0.39 is 167 Å². The van der Waals surface area contributed by atoms with Crippen molar-refractivity contribution in [2.24, 2.45) is 62.6 Å². The summed E-state index contributed by atoms with van der Waals surface area (Å²) in [7, 11) is -17.4. The van der Waals surface area contributed by atoms with Gasteiger partial charge in [0, 0.05) is 40.8 Å². The van der Waals surface area contributed by atoms with Crippen molar-refractivity contribution < 1.29 is 125 Å². The number of carbonyl (C=O) groups is 6. The highest BCUT2D eigenvalue weighted by Crippen LogP contribution is 2.60. The van der Waals surface area contributed by atoms with Crippen LogP contribution >= 0.6 is 11.8 Å². The Bertz CT molecular complexity index is 3420. The Labute approximate surface area is 586 Å². The molecule has 10 bridgehead atoms. The van der Waals surface area contributed by atoms with E-state index in [4.69, 9.17) is 54.1 Å². The first-order chi connectivity index (χ1) is 45.7. The SMILES string of the molecule is CCC(C)(C)C(=O)OC1C2CC3C(O2)C1OS3(=O)=O.CCC(C)(C)C(=O)OC1C2CC3C(S2)C1OS3(=O)=O.CCC(C)(C)C(=O)OC1C2CC3C1OS(=O)(=O)C3C2.CCC(C)(C)C(=O)OC1C2CC3C1OS(=O)(=O)C3C2.CCC(C)(C)C(=O)OCC(=O)OC1C2CC3C1OS(=O)(=O)C3C2. The number of hydrogen-bond donors (Lipinski definition) is 0. The predicted molar refractivity (Wildman–Crippen MR) is 350 cm³/mol. The van der Waals surface area contributed by atoms with Gasteiger partial charge in [-0.25, -0.2) is 4.79 Å². The van der Waals surface area contributed by atoms with Crippen LogP contribution in [0.25, 0.3) is 0 Å². The fourth-order valence-corrected chi connectivity index (χ4v) is 27.7. The van der Waals surface area contributed by atoms with E-state index in [9.17, 15) is 70.9 Å².